The van der Waals surface area contributed by atoms with Crippen LogP contribution in [0.25, 0.3) is 11.1 Å². The highest BCUT2D eigenvalue weighted by Crippen LogP contribution is 2.21. The molecule has 0 aliphatic rings. The molecule has 0 fully saturated rings. The number of nitrogens with zero attached hydrogens (tertiary/aromatic N) is 6. The Bertz CT molecular complexity index is 2050. The van der Waals surface area contributed by atoms with Gasteiger partial charge in [-0.2, -0.15) is 10.2 Å². The average molecular weight is 881 g/mol. The van der Waals surface area contributed by atoms with Crippen LogP contribution in [0.4, 0.5) is 8.78 Å². The summed E-state index contributed by atoms with van der Waals surface area (Å²) in [6.07, 6.45) is 6.43. The molecule has 0 atom stereocenters. The number of halogens is 5. The molecule has 5 aromatic carbocycles. The molecule has 14 heteroatoms. The van der Waals surface area contributed by atoms with E-state index in [1.807, 2.05) is 54.6 Å². The molecule has 2 aromatic heterocycles. The van der Waals surface area contributed by atoms with E-state index in [9.17, 15) is 8.78 Å². The Labute approximate surface area is 320 Å². The van der Waals surface area contributed by atoms with Crippen molar-refractivity contribution < 1.29 is 18.8 Å². The second-order valence-electron chi connectivity index (χ2n) is 10.7. The molecule has 2 heterocycles. The van der Waals surface area contributed by atoms with Crippen molar-refractivity contribution in [2.75, 3.05) is 0 Å². The summed E-state index contributed by atoms with van der Waals surface area (Å²) in [5, 5.41) is 26.1. The van der Waals surface area contributed by atoms with E-state index < -0.39 is 12.9 Å². The van der Waals surface area contributed by atoms with Gasteiger partial charge in [-0.15, -0.1) is 0 Å². The molecule has 260 valence electrons. The first-order valence-corrected chi connectivity index (χ1v) is 18.1. The highest BCUT2D eigenvalue weighted by molar-refractivity contribution is 9.10. The maximum absolute atomic E-state index is 13.2. The van der Waals surface area contributed by atoms with Crippen molar-refractivity contribution in [2.24, 2.45) is 0 Å². The highest BCUT2D eigenvalue weighted by Gasteiger charge is 2.10. The van der Waals surface area contributed by atoms with Crippen LogP contribution in [-0.2, 0) is 18.4 Å². The molecule has 0 saturated carbocycles. The fraction of sp³-hybridized carbons (Fsp3) is 0.0811. The number of hydrogen-bond acceptors (Lipinski definition) is 6. The van der Waals surface area contributed by atoms with E-state index in [0.29, 0.717) is 6.54 Å². The Morgan fingerprint density at radius 3 is 1.49 bits per heavy atom. The minimum atomic E-state index is -1.59. The lowest BCUT2D eigenvalue weighted by Crippen LogP contribution is -2.29. The summed E-state index contributed by atoms with van der Waals surface area (Å²) in [5.41, 5.74) is 5.65. The topological polar surface area (TPSA) is 102 Å². The predicted molar refractivity (Wildman–Crippen MR) is 207 cm³/mol. The smallest absolute Gasteiger partial charge is 0.423 e. The number of aromatic nitrogens is 6. The first-order chi connectivity index (χ1) is 24.7. The van der Waals surface area contributed by atoms with Crippen LogP contribution in [0.3, 0.4) is 0 Å². The summed E-state index contributed by atoms with van der Waals surface area (Å²) in [5.74, 6) is -0.690. The second-order valence-corrected chi connectivity index (χ2v) is 13.1. The van der Waals surface area contributed by atoms with Crippen LogP contribution in [-0.4, -0.2) is 46.7 Å². The zero-order valence-corrected chi connectivity index (χ0v) is 31.8. The first-order valence-electron chi connectivity index (χ1n) is 15.3. The lowest BCUT2D eigenvalue weighted by Gasteiger charge is -2.06. The maximum atomic E-state index is 13.2. The third-order valence-corrected chi connectivity index (χ3v) is 8.42. The normalized spacial score (nSPS) is 10.1. The third kappa shape index (κ3) is 14.4. The van der Waals surface area contributed by atoms with Gasteiger partial charge in [0.25, 0.3) is 0 Å². The standard InChI is InChI=1S/C15H12FN3.C9H8BrN3.C7H6Br2.C6H6BFO2/c16-15-6-2-5-14(8-15)13-4-1-3-12(7-13)9-19-11-17-10-18-19;10-9-3-1-2-8(4-9)5-13-7-11-6-12-13;8-5-6-2-1-3-7(9)4-6;8-6-3-1-2-5(4-6)7(9)10/h1-8,10-11H,9H2;1-4,6-7H,5H2;1-4H,5H2;1-4,9-10H. The van der Waals surface area contributed by atoms with Gasteiger partial charge >= 0.3 is 7.12 Å². The number of hydrogen-bond donors (Lipinski definition) is 2. The first kappa shape index (κ1) is 39.5. The van der Waals surface area contributed by atoms with Gasteiger partial charge in [-0.25, -0.2) is 28.1 Å². The van der Waals surface area contributed by atoms with Crippen LogP contribution < -0.4 is 5.46 Å². The minimum Gasteiger partial charge on any atom is -0.423 e. The molecular formula is C37H32BBr3F2N6O2. The Morgan fingerprint density at radius 1 is 0.569 bits per heavy atom. The van der Waals surface area contributed by atoms with Gasteiger partial charge < -0.3 is 10.0 Å². The molecule has 0 aliphatic carbocycles. The fourth-order valence-corrected chi connectivity index (χ4v) is 5.68. The molecule has 7 rings (SSSR count). The Hall–Kier alpha value is -4.34. The molecular weight excluding hydrogens is 849 g/mol. The summed E-state index contributed by atoms with van der Waals surface area (Å²) in [7, 11) is -1.59. The van der Waals surface area contributed by atoms with Gasteiger partial charge in [0, 0.05) is 14.3 Å². The number of alkyl halides is 1. The van der Waals surface area contributed by atoms with E-state index in [0.717, 1.165) is 43.6 Å². The highest BCUT2D eigenvalue weighted by atomic mass is 79.9. The quantitative estimate of drug-likeness (QED) is 0.124. The molecule has 0 radical (unpaired) electrons. The molecule has 51 heavy (non-hydrogen) atoms. The van der Waals surface area contributed by atoms with Gasteiger partial charge in [-0.1, -0.05) is 115 Å². The molecule has 0 saturated heterocycles. The monoisotopic (exact) mass is 878 g/mol. The summed E-state index contributed by atoms with van der Waals surface area (Å²) in [6, 6.07) is 36.1. The van der Waals surface area contributed by atoms with Gasteiger partial charge in [0.2, 0.25) is 0 Å². The van der Waals surface area contributed by atoms with Crippen molar-refractivity contribution in [1.29, 1.82) is 0 Å². The predicted octanol–water partition coefficient (Wildman–Crippen LogP) is 8.07. The summed E-state index contributed by atoms with van der Waals surface area (Å²) >= 11 is 10.2. The largest absolute Gasteiger partial charge is 0.488 e. The fourth-order valence-electron chi connectivity index (χ4n) is 4.44. The van der Waals surface area contributed by atoms with Crippen LogP contribution in [0.15, 0.2) is 156 Å². The number of rotatable bonds is 7. The summed E-state index contributed by atoms with van der Waals surface area (Å²) in [4.78, 5) is 7.79. The van der Waals surface area contributed by atoms with Crippen LogP contribution in [0.5, 0.6) is 0 Å². The zero-order valence-electron chi connectivity index (χ0n) is 27.0. The Kier molecular flexibility index (Phi) is 16.3. The molecule has 0 bridgehead atoms. The molecule has 7 aromatic rings. The SMILES string of the molecule is BrCc1cccc(Br)c1.Brc1cccc(Cn2cncn2)c1.Fc1cccc(-c2cccc(Cn3cncn3)c2)c1.OB(O)c1cccc(F)c1. The summed E-state index contributed by atoms with van der Waals surface area (Å²) < 4.78 is 31.3. The molecule has 0 aliphatic heterocycles. The van der Waals surface area contributed by atoms with E-state index in [1.165, 1.54) is 54.1 Å². The van der Waals surface area contributed by atoms with Crippen molar-refractivity contribution in [3.8, 4) is 11.1 Å². The Balaban J connectivity index is 0.000000160. The van der Waals surface area contributed by atoms with Gasteiger partial charge in [0.05, 0.1) is 13.1 Å². The van der Waals surface area contributed by atoms with Crippen LogP contribution in [0.2, 0.25) is 0 Å². The lowest BCUT2D eigenvalue weighted by molar-refractivity contribution is 0.425. The molecule has 0 spiro atoms. The van der Waals surface area contributed by atoms with E-state index in [-0.39, 0.29) is 11.3 Å². The summed E-state index contributed by atoms with van der Waals surface area (Å²) in [6.45, 7) is 1.42. The molecule has 2 N–H and O–H groups in total. The van der Waals surface area contributed by atoms with Gasteiger partial charge in [-0.05, 0) is 87.9 Å². The molecule has 0 unspecified atom stereocenters. The van der Waals surface area contributed by atoms with Crippen molar-refractivity contribution in [1.82, 2.24) is 29.5 Å². The van der Waals surface area contributed by atoms with E-state index in [1.54, 1.807) is 28.1 Å². The van der Waals surface area contributed by atoms with Crippen molar-refractivity contribution in [2.45, 2.75) is 18.4 Å². The minimum absolute atomic E-state index is 0.167. The van der Waals surface area contributed by atoms with Crippen LogP contribution >= 0.6 is 47.8 Å². The average Bonchev–Trinajstić information content (AvgIpc) is 3.84. The van der Waals surface area contributed by atoms with Crippen molar-refractivity contribution >= 4 is 60.4 Å². The van der Waals surface area contributed by atoms with Crippen LogP contribution in [0.1, 0.15) is 16.7 Å². The lowest BCUT2D eigenvalue weighted by atomic mass is 9.80. The van der Waals surface area contributed by atoms with E-state index >= 15 is 0 Å². The Morgan fingerprint density at radius 2 is 1.04 bits per heavy atom. The molecule has 0 amide bonds. The van der Waals surface area contributed by atoms with E-state index in [2.05, 4.69) is 92.2 Å². The van der Waals surface area contributed by atoms with Gasteiger partial charge in [-0.3, -0.25) is 0 Å². The zero-order chi connectivity index (χ0) is 36.4. The third-order valence-electron chi connectivity index (χ3n) is 6.79. The van der Waals surface area contributed by atoms with Crippen molar-refractivity contribution in [3.05, 3.63) is 184 Å². The van der Waals surface area contributed by atoms with Crippen molar-refractivity contribution in [3.63, 3.8) is 0 Å². The van der Waals surface area contributed by atoms with Gasteiger partial charge in [0.15, 0.2) is 0 Å². The maximum Gasteiger partial charge on any atom is 0.488 e. The second kappa shape index (κ2) is 21.1. The van der Waals surface area contributed by atoms with E-state index in [4.69, 9.17) is 10.0 Å². The molecule has 8 nitrogen and oxygen atoms in total. The van der Waals surface area contributed by atoms with Gasteiger partial charge in [0.1, 0.15) is 36.9 Å². The number of benzene rings is 5. The van der Waals surface area contributed by atoms with Crippen LogP contribution in [0, 0.1) is 11.6 Å².